The van der Waals surface area contributed by atoms with Gasteiger partial charge in [-0.15, -0.1) is 0 Å². The van der Waals surface area contributed by atoms with Gasteiger partial charge in [-0.05, 0) is 30.7 Å². The molecule has 0 aliphatic carbocycles. The summed E-state index contributed by atoms with van der Waals surface area (Å²) in [5, 5.41) is 3.31. The van der Waals surface area contributed by atoms with Crippen molar-refractivity contribution in [3.8, 4) is 0 Å². The first kappa shape index (κ1) is 15.8. The summed E-state index contributed by atoms with van der Waals surface area (Å²) in [7, 11) is 0. The number of para-hydroxylation sites is 2. The van der Waals surface area contributed by atoms with Crippen LogP contribution in [-0.4, -0.2) is 40.8 Å². The van der Waals surface area contributed by atoms with Gasteiger partial charge in [0.25, 0.3) is 0 Å². The first-order chi connectivity index (χ1) is 12.3. The molecule has 1 aliphatic heterocycles. The molecule has 0 amide bonds. The van der Waals surface area contributed by atoms with E-state index in [1.807, 2.05) is 30.5 Å². The number of morpholine rings is 1. The highest BCUT2D eigenvalue weighted by atomic mass is 16.5. The van der Waals surface area contributed by atoms with Gasteiger partial charge in [0.05, 0.1) is 29.9 Å². The van der Waals surface area contributed by atoms with Gasteiger partial charge in [0.1, 0.15) is 11.6 Å². The predicted molar refractivity (Wildman–Crippen MR) is 98.7 cm³/mol. The first-order valence-electron chi connectivity index (χ1n) is 8.55. The van der Waals surface area contributed by atoms with Crippen molar-refractivity contribution in [1.82, 2.24) is 15.0 Å². The average Bonchev–Trinajstić information content (AvgIpc) is 2.66. The summed E-state index contributed by atoms with van der Waals surface area (Å²) in [6.45, 7) is 5.29. The molecule has 25 heavy (non-hydrogen) atoms. The minimum Gasteiger partial charge on any atom is -0.375 e. The van der Waals surface area contributed by atoms with E-state index < -0.39 is 0 Å². The van der Waals surface area contributed by atoms with E-state index in [4.69, 9.17) is 4.74 Å². The Morgan fingerprint density at radius 3 is 2.80 bits per heavy atom. The van der Waals surface area contributed by atoms with Crippen molar-refractivity contribution in [2.24, 2.45) is 0 Å². The van der Waals surface area contributed by atoms with Crippen molar-refractivity contribution < 1.29 is 4.74 Å². The van der Waals surface area contributed by atoms with E-state index in [0.29, 0.717) is 6.54 Å². The van der Waals surface area contributed by atoms with Gasteiger partial charge < -0.3 is 15.0 Å². The third kappa shape index (κ3) is 3.69. The van der Waals surface area contributed by atoms with Crippen molar-refractivity contribution in [2.45, 2.75) is 19.6 Å². The zero-order valence-electron chi connectivity index (χ0n) is 14.2. The van der Waals surface area contributed by atoms with E-state index in [2.05, 4.69) is 44.2 Å². The number of hydrogen-bond acceptors (Lipinski definition) is 6. The molecule has 4 rings (SSSR count). The minimum absolute atomic E-state index is 0.253. The van der Waals surface area contributed by atoms with Crippen molar-refractivity contribution in [2.75, 3.05) is 29.9 Å². The minimum atomic E-state index is 0.253. The molecule has 0 radical (unpaired) electrons. The summed E-state index contributed by atoms with van der Waals surface area (Å²) in [6, 6.07) is 12.0. The number of benzene rings is 1. The van der Waals surface area contributed by atoms with Crippen LogP contribution < -0.4 is 10.2 Å². The third-order valence-corrected chi connectivity index (χ3v) is 4.30. The molecule has 6 nitrogen and oxygen atoms in total. The molecule has 0 spiro atoms. The molecule has 1 N–H and O–H groups in total. The SMILES string of the molecule is C[C@H]1CN(c2ccc(CNc3cnc4ccccc4n3)cn2)CCO1. The van der Waals surface area contributed by atoms with Crippen LogP contribution in [0.15, 0.2) is 48.8 Å². The van der Waals surface area contributed by atoms with Crippen LogP contribution in [0.5, 0.6) is 0 Å². The fourth-order valence-electron chi connectivity index (χ4n) is 2.97. The van der Waals surface area contributed by atoms with Crippen LogP contribution in [0.2, 0.25) is 0 Å². The predicted octanol–water partition coefficient (Wildman–Crippen LogP) is 2.86. The number of hydrogen-bond donors (Lipinski definition) is 1. The monoisotopic (exact) mass is 335 g/mol. The molecule has 2 aromatic heterocycles. The molecule has 1 aromatic carbocycles. The summed E-state index contributed by atoms with van der Waals surface area (Å²) in [4.78, 5) is 15.8. The Balaban J connectivity index is 1.40. The lowest BCUT2D eigenvalue weighted by molar-refractivity contribution is 0.0529. The first-order valence-corrected chi connectivity index (χ1v) is 8.55. The lowest BCUT2D eigenvalue weighted by atomic mass is 10.2. The van der Waals surface area contributed by atoms with Crippen LogP contribution in [0.3, 0.4) is 0 Å². The van der Waals surface area contributed by atoms with Gasteiger partial charge in [-0.25, -0.2) is 9.97 Å². The lowest BCUT2D eigenvalue weighted by Gasteiger charge is -2.32. The molecular formula is C19H21N5O. The van der Waals surface area contributed by atoms with Crippen LogP contribution in [0.4, 0.5) is 11.6 Å². The molecule has 1 atom stereocenters. The van der Waals surface area contributed by atoms with E-state index >= 15 is 0 Å². The van der Waals surface area contributed by atoms with Gasteiger partial charge in [0.15, 0.2) is 0 Å². The standard InChI is InChI=1S/C19H21N5O/c1-14-13-24(8-9-25-14)19-7-6-15(11-22-19)10-21-18-12-20-16-4-2-3-5-17(16)23-18/h2-7,11-12,14H,8-10,13H2,1H3,(H,21,23)/t14-/m0/s1. The maximum atomic E-state index is 5.58. The molecule has 3 aromatic rings. The Morgan fingerprint density at radius 1 is 1.12 bits per heavy atom. The maximum Gasteiger partial charge on any atom is 0.145 e. The average molecular weight is 335 g/mol. The summed E-state index contributed by atoms with van der Waals surface area (Å²) >= 11 is 0. The number of nitrogens with one attached hydrogen (secondary N) is 1. The second-order valence-corrected chi connectivity index (χ2v) is 6.25. The van der Waals surface area contributed by atoms with E-state index in [1.165, 1.54) is 0 Å². The van der Waals surface area contributed by atoms with Crippen LogP contribution in [-0.2, 0) is 11.3 Å². The second-order valence-electron chi connectivity index (χ2n) is 6.25. The molecule has 1 saturated heterocycles. The quantitative estimate of drug-likeness (QED) is 0.791. The fourth-order valence-corrected chi connectivity index (χ4v) is 2.97. The maximum absolute atomic E-state index is 5.58. The number of ether oxygens (including phenoxy) is 1. The van der Waals surface area contributed by atoms with E-state index in [1.54, 1.807) is 6.20 Å². The zero-order chi connectivity index (χ0) is 17.1. The van der Waals surface area contributed by atoms with Gasteiger partial charge in [0, 0.05) is 25.8 Å². The number of rotatable bonds is 4. The molecule has 1 aliphatic rings. The fraction of sp³-hybridized carbons (Fsp3) is 0.316. The van der Waals surface area contributed by atoms with E-state index in [-0.39, 0.29) is 6.10 Å². The van der Waals surface area contributed by atoms with Gasteiger partial charge >= 0.3 is 0 Å². The molecule has 0 bridgehead atoms. The van der Waals surface area contributed by atoms with E-state index in [9.17, 15) is 0 Å². The molecular weight excluding hydrogens is 314 g/mol. The number of fused-ring (bicyclic) bond motifs is 1. The molecule has 128 valence electrons. The van der Waals surface area contributed by atoms with Gasteiger partial charge in [-0.1, -0.05) is 18.2 Å². The topological polar surface area (TPSA) is 63.2 Å². The number of anilines is 2. The van der Waals surface area contributed by atoms with Crippen LogP contribution >= 0.6 is 0 Å². The van der Waals surface area contributed by atoms with Crippen LogP contribution in [0.25, 0.3) is 11.0 Å². The summed E-state index contributed by atoms with van der Waals surface area (Å²) in [6.07, 6.45) is 3.93. The molecule has 3 heterocycles. The normalized spacial score (nSPS) is 17.6. The Kier molecular flexibility index (Phi) is 4.43. The van der Waals surface area contributed by atoms with Crippen molar-refractivity contribution in [1.29, 1.82) is 0 Å². The Bertz CT molecular complexity index is 852. The summed E-state index contributed by atoms with van der Waals surface area (Å²) < 4.78 is 5.58. The highest BCUT2D eigenvalue weighted by Crippen LogP contribution is 2.16. The molecule has 1 fully saturated rings. The molecule has 0 saturated carbocycles. The van der Waals surface area contributed by atoms with Crippen LogP contribution in [0.1, 0.15) is 12.5 Å². The zero-order valence-corrected chi connectivity index (χ0v) is 14.2. The Hall–Kier alpha value is -2.73. The smallest absolute Gasteiger partial charge is 0.145 e. The molecule has 0 unspecified atom stereocenters. The Morgan fingerprint density at radius 2 is 2.00 bits per heavy atom. The number of aromatic nitrogens is 3. The van der Waals surface area contributed by atoms with E-state index in [0.717, 1.165) is 47.9 Å². The van der Waals surface area contributed by atoms with Crippen molar-refractivity contribution in [3.63, 3.8) is 0 Å². The van der Waals surface area contributed by atoms with Crippen molar-refractivity contribution in [3.05, 3.63) is 54.4 Å². The van der Waals surface area contributed by atoms with Crippen LogP contribution in [0, 0.1) is 0 Å². The highest BCUT2D eigenvalue weighted by molar-refractivity contribution is 5.75. The summed E-state index contributed by atoms with van der Waals surface area (Å²) in [5.74, 6) is 1.77. The largest absolute Gasteiger partial charge is 0.375 e. The van der Waals surface area contributed by atoms with Gasteiger partial charge in [-0.3, -0.25) is 4.98 Å². The third-order valence-electron chi connectivity index (χ3n) is 4.30. The van der Waals surface area contributed by atoms with Crippen molar-refractivity contribution >= 4 is 22.7 Å². The second kappa shape index (κ2) is 7.03. The Labute approximate surface area is 146 Å². The number of pyridine rings is 1. The van der Waals surface area contributed by atoms with Gasteiger partial charge in [-0.2, -0.15) is 0 Å². The summed E-state index contributed by atoms with van der Waals surface area (Å²) in [5.41, 5.74) is 2.90. The lowest BCUT2D eigenvalue weighted by Crippen LogP contribution is -2.41. The highest BCUT2D eigenvalue weighted by Gasteiger charge is 2.17. The number of nitrogens with zero attached hydrogens (tertiary/aromatic N) is 4. The molecule has 6 heteroatoms. The van der Waals surface area contributed by atoms with Gasteiger partial charge in [0.2, 0.25) is 0 Å².